The van der Waals surface area contributed by atoms with Crippen LogP contribution in [0.1, 0.15) is 42.1 Å². The Morgan fingerprint density at radius 1 is 1.16 bits per heavy atom. The van der Waals surface area contributed by atoms with Gasteiger partial charge >= 0.3 is 12.0 Å². The van der Waals surface area contributed by atoms with Gasteiger partial charge in [-0.25, -0.2) is 9.59 Å². The number of allylic oxidation sites excluding steroid dienone is 1. The van der Waals surface area contributed by atoms with E-state index < -0.39 is 12.0 Å². The van der Waals surface area contributed by atoms with Crippen LogP contribution in [0.2, 0.25) is 10.0 Å². The standard InChI is InChI=1S/C23H24Cl2N2O3S/c1-5-30-22(28)20-14(4)26-23(29)27-21(20)17-9-12(2)8-15(13(17)3)11-31-19-10-16(24)6-7-18(19)25/h6-10,21H,5,11H2,1-4H3,(H2,26,27,29). The quantitative estimate of drug-likeness (QED) is 0.389. The summed E-state index contributed by atoms with van der Waals surface area (Å²) in [6.45, 7) is 7.71. The average Bonchev–Trinajstić information content (AvgIpc) is 2.70. The summed E-state index contributed by atoms with van der Waals surface area (Å²) in [6, 6.07) is 8.55. The Balaban J connectivity index is 1.98. The number of thioether (sulfide) groups is 1. The second-order valence-electron chi connectivity index (χ2n) is 7.29. The van der Waals surface area contributed by atoms with Gasteiger partial charge in [-0.1, -0.05) is 40.9 Å². The van der Waals surface area contributed by atoms with E-state index in [1.165, 1.54) is 0 Å². The van der Waals surface area contributed by atoms with Crippen molar-refractivity contribution in [2.45, 2.75) is 44.4 Å². The summed E-state index contributed by atoms with van der Waals surface area (Å²) in [5.41, 5.74) is 4.89. The van der Waals surface area contributed by atoms with E-state index in [1.807, 2.05) is 26.0 Å². The van der Waals surface area contributed by atoms with Crippen LogP contribution in [-0.2, 0) is 15.3 Å². The second-order valence-corrected chi connectivity index (χ2v) is 9.15. The van der Waals surface area contributed by atoms with E-state index in [0.717, 1.165) is 27.1 Å². The number of carbonyl (C=O) groups excluding carboxylic acids is 2. The molecule has 2 aromatic rings. The van der Waals surface area contributed by atoms with Gasteiger partial charge in [0.25, 0.3) is 0 Å². The number of ether oxygens (including phenoxy) is 1. The molecule has 2 aromatic carbocycles. The fourth-order valence-corrected chi connectivity index (χ4v) is 5.11. The van der Waals surface area contributed by atoms with Gasteiger partial charge in [0, 0.05) is 21.4 Å². The first-order valence-electron chi connectivity index (χ1n) is 9.84. The fourth-order valence-electron chi connectivity index (χ4n) is 3.56. The third-order valence-corrected chi connectivity index (χ3v) is 6.83. The highest BCUT2D eigenvalue weighted by atomic mass is 35.5. The Morgan fingerprint density at radius 2 is 1.90 bits per heavy atom. The van der Waals surface area contributed by atoms with Gasteiger partial charge in [-0.2, -0.15) is 0 Å². The summed E-state index contributed by atoms with van der Waals surface area (Å²) in [5.74, 6) is 0.219. The first-order valence-corrected chi connectivity index (χ1v) is 11.6. The zero-order valence-electron chi connectivity index (χ0n) is 17.8. The number of carbonyl (C=O) groups is 2. The van der Waals surface area contributed by atoms with Crippen molar-refractivity contribution in [2.75, 3.05) is 6.61 Å². The first-order chi connectivity index (χ1) is 14.7. The molecule has 5 nitrogen and oxygen atoms in total. The zero-order valence-corrected chi connectivity index (χ0v) is 20.1. The Morgan fingerprint density at radius 3 is 2.61 bits per heavy atom. The number of nitrogens with one attached hydrogen (secondary N) is 2. The molecule has 0 aromatic heterocycles. The summed E-state index contributed by atoms with van der Waals surface area (Å²) < 4.78 is 5.25. The minimum Gasteiger partial charge on any atom is -0.463 e. The Hall–Kier alpha value is -2.15. The summed E-state index contributed by atoms with van der Waals surface area (Å²) in [7, 11) is 0. The number of amides is 2. The summed E-state index contributed by atoms with van der Waals surface area (Å²) in [6.07, 6.45) is 0. The molecule has 0 fully saturated rings. The lowest BCUT2D eigenvalue weighted by Crippen LogP contribution is -2.45. The highest BCUT2D eigenvalue weighted by Gasteiger charge is 2.33. The first kappa shape index (κ1) is 23.5. The molecule has 1 atom stereocenters. The number of hydrogen-bond acceptors (Lipinski definition) is 4. The predicted octanol–water partition coefficient (Wildman–Crippen LogP) is 6.09. The molecule has 2 amide bonds. The lowest BCUT2D eigenvalue weighted by atomic mass is 9.89. The van der Waals surface area contributed by atoms with E-state index in [1.54, 1.807) is 37.7 Å². The highest BCUT2D eigenvalue weighted by Crippen LogP contribution is 2.36. The van der Waals surface area contributed by atoms with Crippen molar-refractivity contribution in [3.05, 3.63) is 73.9 Å². The maximum Gasteiger partial charge on any atom is 0.338 e. The molecule has 0 radical (unpaired) electrons. The molecular formula is C23H24Cl2N2O3S. The maximum absolute atomic E-state index is 12.7. The Labute approximate surface area is 196 Å². The molecule has 31 heavy (non-hydrogen) atoms. The molecule has 0 saturated heterocycles. The van der Waals surface area contributed by atoms with Crippen LogP contribution in [0.3, 0.4) is 0 Å². The number of halogens is 2. The number of hydrogen-bond donors (Lipinski definition) is 2. The van der Waals surface area contributed by atoms with Gasteiger partial charge in [-0.3, -0.25) is 0 Å². The van der Waals surface area contributed by atoms with Gasteiger partial charge in [0.2, 0.25) is 0 Å². The summed E-state index contributed by atoms with van der Waals surface area (Å²) >= 11 is 14.0. The van der Waals surface area contributed by atoms with Crippen LogP contribution in [0.4, 0.5) is 4.79 Å². The highest BCUT2D eigenvalue weighted by molar-refractivity contribution is 7.98. The van der Waals surface area contributed by atoms with Crippen LogP contribution in [0, 0.1) is 13.8 Å². The van der Waals surface area contributed by atoms with Crippen LogP contribution < -0.4 is 10.6 Å². The monoisotopic (exact) mass is 478 g/mol. The molecule has 164 valence electrons. The average molecular weight is 479 g/mol. The van der Waals surface area contributed by atoms with E-state index in [-0.39, 0.29) is 12.6 Å². The van der Waals surface area contributed by atoms with Gasteiger partial charge in [0.1, 0.15) is 0 Å². The minimum atomic E-state index is -0.591. The summed E-state index contributed by atoms with van der Waals surface area (Å²) in [4.78, 5) is 25.8. The van der Waals surface area contributed by atoms with Crippen molar-refractivity contribution in [3.63, 3.8) is 0 Å². The smallest absolute Gasteiger partial charge is 0.338 e. The van der Waals surface area contributed by atoms with Crippen LogP contribution in [0.25, 0.3) is 0 Å². The van der Waals surface area contributed by atoms with E-state index in [9.17, 15) is 9.59 Å². The molecule has 0 spiro atoms. The molecule has 1 aliphatic heterocycles. The van der Waals surface area contributed by atoms with Gasteiger partial charge < -0.3 is 15.4 Å². The molecule has 1 heterocycles. The molecular weight excluding hydrogens is 455 g/mol. The van der Waals surface area contributed by atoms with E-state index in [0.29, 0.717) is 27.1 Å². The molecule has 8 heteroatoms. The van der Waals surface area contributed by atoms with E-state index >= 15 is 0 Å². The molecule has 2 N–H and O–H groups in total. The van der Waals surface area contributed by atoms with Gasteiger partial charge in [-0.15, -0.1) is 11.8 Å². The van der Waals surface area contributed by atoms with E-state index in [4.69, 9.17) is 27.9 Å². The van der Waals surface area contributed by atoms with Crippen LogP contribution >= 0.6 is 35.0 Å². The van der Waals surface area contributed by atoms with Crippen LogP contribution in [-0.4, -0.2) is 18.6 Å². The fraction of sp³-hybridized carbons (Fsp3) is 0.304. The number of rotatable bonds is 6. The number of esters is 1. The zero-order chi connectivity index (χ0) is 22.7. The molecule has 0 bridgehead atoms. The van der Waals surface area contributed by atoms with Crippen LogP contribution in [0.5, 0.6) is 0 Å². The molecule has 1 aliphatic rings. The van der Waals surface area contributed by atoms with Crippen LogP contribution in [0.15, 0.2) is 46.5 Å². The number of aryl methyl sites for hydroxylation is 1. The summed E-state index contributed by atoms with van der Waals surface area (Å²) in [5, 5.41) is 6.83. The topological polar surface area (TPSA) is 67.4 Å². The molecule has 3 rings (SSSR count). The number of urea groups is 1. The van der Waals surface area contributed by atoms with Gasteiger partial charge in [-0.05, 0) is 62.6 Å². The molecule has 0 saturated carbocycles. The maximum atomic E-state index is 12.7. The Kier molecular flexibility index (Phi) is 7.57. The SMILES string of the molecule is CCOC(=O)C1=C(C)NC(=O)NC1c1cc(C)cc(CSc2cc(Cl)ccc2Cl)c1C. The van der Waals surface area contributed by atoms with Crippen molar-refractivity contribution >= 4 is 47.0 Å². The minimum absolute atomic E-state index is 0.255. The molecule has 0 aliphatic carbocycles. The van der Waals surface area contributed by atoms with Gasteiger partial charge in [0.15, 0.2) is 0 Å². The largest absolute Gasteiger partial charge is 0.463 e. The van der Waals surface area contributed by atoms with E-state index in [2.05, 4.69) is 16.7 Å². The van der Waals surface area contributed by atoms with Crippen molar-refractivity contribution in [1.29, 1.82) is 0 Å². The lowest BCUT2D eigenvalue weighted by Gasteiger charge is -2.30. The Bertz CT molecular complexity index is 1070. The number of benzene rings is 2. The predicted molar refractivity (Wildman–Crippen MR) is 126 cm³/mol. The van der Waals surface area contributed by atoms with Crippen molar-refractivity contribution in [1.82, 2.24) is 10.6 Å². The normalized spacial score (nSPS) is 16.1. The van der Waals surface area contributed by atoms with Crippen molar-refractivity contribution in [2.24, 2.45) is 0 Å². The third kappa shape index (κ3) is 5.37. The lowest BCUT2D eigenvalue weighted by molar-refractivity contribution is -0.139. The van der Waals surface area contributed by atoms with Crippen molar-refractivity contribution < 1.29 is 14.3 Å². The van der Waals surface area contributed by atoms with Crippen molar-refractivity contribution in [3.8, 4) is 0 Å². The third-order valence-electron chi connectivity index (χ3n) is 5.05. The molecule has 1 unspecified atom stereocenters. The van der Waals surface area contributed by atoms with Gasteiger partial charge in [0.05, 0.1) is 23.2 Å². The second kappa shape index (κ2) is 9.98.